The van der Waals surface area contributed by atoms with Gasteiger partial charge in [0.25, 0.3) is 5.91 Å². The van der Waals surface area contributed by atoms with Crippen molar-refractivity contribution < 1.29 is 9.59 Å². The number of carbonyl (C=O) groups excluding carboxylic acids is 2. The van der Waals surface area contributed by atoms with Gasteiger partial charge in [-0.1, -0.05) is 36.4 Å². The average molecular weight is 365 g/mol. The van der Waals surface area contributed by atoms with E-state index in [4.69, 9.17) is 5.73 Å². The van der Waals surface area contributed by atoms with E-state index >= 15 is 0 Å². The first-order chi connectivity index (χ1) is 12.5. The lowest BCUT2D eigenvalue weighted by Crippen LogP contribution is -2.27. The number of carbonyl (C=O) groups is 2. The molecule has 2 aromatic carbocycles. The molecule has 6 heteroatoms. The number of hydrogen-bond acceptors (Lipinski definition) is 4. The smallest absolute Gasteiger partial charge is 0.251 e. The molecule has 0 spiro atoms. The van der Waals surface area contributed by atoms with Crippen molar-refractivity contribution in [2.24, 2.45) is 5.73 Å². The third kappa shape index (κ3) is 4.15. The summed E-state index contributed by atoms with van der Waals surface area (Å²) in [4.78, 5) is 28.3. The van der Waals surface area contributed by atoms with Gasteiger partial charge in [0.15, 0.2) is 0 Å². The predicted molar refractivity (Wildman–Crippen MR) is 103 cm³/mol. The Morgan fingerprint density at radius 3 is 2.65 bits per heavy atom. The molecule has 3 rings (SSSR count). The Hall–Kier alpha value is -2.99. The molecule has 0 atom stereocenters. The summed E-state index contributed by atoms with van der Waals surface area (Å²) >= 11 is 1.59. The molecule has 3 N–H and O–H groups in total. The number of benzene rings is 2. The van der Waals surface area contributed by atoms with E-state index in [1.807, 2.05) is 42.6 Å². The molecule has 132 valence electrons. The number of thiazole rings is 1. The number of nitrogens with one attached hydrogen (secondary N) is 1. The second-order valence-electron chi connectivity index (χ2n) is 5.91. The minimum Gasteiger partial charge on any atom is -0.366 e. The Balaban J connectivity index is 1.60. The van der Waals surface area contributed by atoms with Crippen LogP contribution in [0.3, 0.4) is 0 Å². The van der Waals surface area contributed by atoms with E-state index in [0.717, 1.165) is 21.8 Å². The van der Waals surface area contributed by atoms with Crippen LogP contribution in [-0.2, 0) is 6.42 Å². The maximum Gasteiger partial charge on any atom is 0.251 e. The molecule has 1 aromatic heterocycles. The van der Waals surface area contributed by atoms with Gasteiger partial charge in [-0.3, -0.25) is 9.59 Å². The van der Waals surface area contributed by atoms with E-state index < -0.39 is 5.91 Å². The summed E-state index contributed by atoms with van der Waals surface area (Å²) in [6, 6.07) is 14.9. The van der Waals surface area contributed by atoms with Crippen LogP contribution >= 0.6 is 11.3 Å². The summed E-state index contributed by atoms with van der Waals surface area (Å²) in [5.41, 5.74) is 8.90. The number of amides is 2. The lowest BCUT2D eigenvalue weighted by Gasteiger charge is -2.08. The third-order valence-corrected chi connectivity index (χ3v) is 4.95. The van der Waals surface area contributed by atoms with Crippen LogP contribution in [0.5, 0.6) is 0 Å². The zero-order valence-corrected chi connectivity index (χ0v) is 15.2. The van der Waals surface area contributed by atoms with Crippen molar-refractivity contribution in [3.8, 4) is 10.6 Å². The molecular formula is C20H19N3O2S. The van der Waals surface area contributed by atoms with Gasteiger partial charge in [0.05, 0.1) is 5.69 Å². The average Bonchev–Trinajstić information content (AvgIpc) is 3.11. The van der Waals surface area contributed by atoms with Crippen LogP contribution in [0.15, 0.2) is 53.9 Å². The van der Waals surface area contributed by atoms with Gasteiger partial charge in [-0.05, 0) is 24.6 Å². The molecule has 0 radical (unpaired) electrons. The monoisotopic (exact) mass is 365 g/mol. The fourth-order valence-corrected chi connectivity index (χ4v) is 3.41. The summed E-state index contributed by atoms with van der Waals surface area (Å²) in [6.45, 7) is 2.29. The van der Waals surface area contributed by atoms with E-state index in [1.165, 1.54) is 6.07 Å². The largest absolute Gasteiger partial charge is 0.366 e. The van der Waals surface area contributed by atoms with Crippen molar-refractivity contribution in [3.63, 3.8) is 0 Å². The Kier molecular flexibility index (Phi) is 5.43. The normalized spacial score (nSPS) is 10.5. The predicted octanol–water partition coefficient (Wildman–Crippen LogP) is 3.19. The summed E-state index contributed by atoms with van der Waals surface area (Å²) < 4.78 is 0. The highest BCUT2D eigenvalue weighted by Crippen LogP contribution is 2.23. The number of hydrogen-bond donors (Lipinski definition) is 2. The fraction of sp³-hybridized carbons (Fsp3) is 0.150. The van der Waals surface area contributed by atoms with Crippen molar-refractivity contribution in [2.45, 2.75) is 13.3 Å². The molecule has 1 heterocycles. The molecule has 0 aliphatic carbocycles. The number of aromatic nitrogens is 1. The molecule has 3 aromatic rings. The summed E-state index contributed by atoms with van der Waals surface area (Å²) in [6.07, 6.45) is 0.642. The van der Waals surface area contributed by atoms with Gasteiger partial charge < -0.3 is 11.1 Å². The molecule has 0 unspecified atom stereocenters. The third-order valence-electron chi connectivity index (χ3n) is 4.01. The molecule has 2 amide bonds. The molecule has 0 saturated heterocycles. The Labute approximate surface area is 155 Å². The topological polar surface area (TPSA) is 85.1 Å². The van der Waals surface area contributed by atoms with Gasteiger partial charge >= 0.3 is 0 Å². The van der Waals surface area contributed by atoms with Crippen molar-refractivity contribution in [3.05, 3.63) is 76.3 Å². The first-order valence-electron chi connectivity index (χ1n) is 8.23. The van der Waals surface area contributed by atoms with Crippen LogP contribution < -0.4 is 11.1 Å². The molecule has 0 aliphatic heterocycles. The van der Waals surface area contributed by atoms with Gasteiger partial charge in [0, 0.05) is 35.0 Å². The van der Waals surface area contributed by atoms with Gasteiger partial charge in [-0.15, -0.1) is 11.3 Å². The second kappa shape index (κ2) is 7.93. The summed E-state index contributed by atoms with van der Waals surface area (Å²) in [7, 11) is 0. The minimum absolute atomic E-state index is 0.218. The van der Waals surface area contributed by atoms with Gasteiger partial charge in [0.1, 0.15) is 5.01 Å². The van der Waals surface area contributed by atoms with E-state index in [9.17, 15) is 9.59 Å². The molecule has 26 heavy (non-hydrogen) atoms. The number of aryl methyl sites for hydroxylation is 1. The Morgan fingerprint density at radius 2 is 1.92 bits per heavy atom. The maximum absolute atomic E-state index is 12.4. The van der Waals surface area contributed by atoms with Crippen LogP contribution in [0, 0.1) is 6.92 Å². The van der Waals surface area contributed by atoms with Crippen LogP contribution in [0.2, 0.25) is 0 Å². The summed E-state index contributed by atoms with van der Waals surface area (Å²) in [5, 5.41) is 5.85. The van der Waals surface area contributed by atoms with Crippen molar-refractivity contribution in [1.82, 2.24) is 10.3 Å². The van der Waals surface area contributed by atoms with Gasteiger partial charge in [-0.25, -0.2) is 4.98 Å². The Morgan fingerprint density at radius 1 is 1.15 bits per heavy atom. The molecule has 0 fully saturated rings. The van der Waals surface area contributed by atoms with Gasteiger partial charge in [-0.2, -0.15) is 0 Å². The summed E-state index contributed by atoms with van der Waals surface area (Å²) in [5.74, 6) is -0.765. The number of rotatable bonds is 6. The lowest BCUT2D eigenvalue weighted by molar-refractivity contribution is 0.0953. The first-order valence-corrected chi connectivity index (χ1v) is 9.11. The molecule has 0 bridgehead atoms. The van der Waals surface area contributed by atoms with Crippen molar-refractivity contribution >= 4 is 23.2 Å². The SMILES string of the molecule is Cc1ccc(C(N)=O)cc1C(=O)NCCc1csc(-c2ccccc2)n1. The molecular weight excluding hydrogens is 346 g/mol. The van der Waals surface area contributed by atoms with Crippen molar-refractivity contribution in [1.29, 1.82) is 0 Å². The van der Waals surface area contributed by atoms with Crippen LogP contribution in [-0.4, -0.2) is 23.3 Å². The highest BCUT2D eigenvalue weighted by molar-refractivity contribution is 7.13. The molecule has 0 saturated carbocycles. The fourth-order valence-electron chi connectivity index (χ4n) is 2.55. The quantitative estimate of drug-likeness (QED) is 0.703. The number of primary amides is 1. The highest BCUT2D eigenvalue weighted by Gasteiger charge is 2.12. The zero-order valence-electron chi connectivity index (χ0n) is 14.4. The molecule has 5 nitrogen and oxygen atoms in total. The van der Waals surface area contributed by atoms with Gasteiger partial charge in [0.2, 0.25) is 5.91 Å². The van der Waals surface area contributed by atoms with Crippen LogP contribution in [0.1, 0.15) is 32.0 Å². The van der Waals surface area contributed by atoms with E-state index in [2.05, 4.69) is 10.3 Å². The number of nitrogens with zero attached hydrogens (tertiary/aromatic N) is 1. The standard InChI is InChI=1S/C20H19N3O2S/c1-13-7-8-15(18(21)24)11-17(13)19(25)22-10-9-16-12-26-20(23-16)14-5-3-2-4-6-14/h2-8,11-12H,9-10H2,1H3,(H2,21,24)(H,22,25). The Bertz CT molecular complexity index is 935. The second-order valence-corrected chi connectivity index (χ2v) is 6.77. The van der Waals surface area contributed by atoms with Crippen LogP contribution in [0.25, 0.3) is 10.6 Å². The van der Waals surface area contributed by atoms with Crippen LogP contribution in [0.4, 0.5) is 0 Å². The zero-order chi connectivity index (χ0) is 18.5. The maximum atomic E-state index is 12.4. The lowest BCUT2D eigenvalue weighted by atomic mass is 10.0. The van der Waals surface area contributed by atoms with E-state index in [1.54, 1.807) is 23.5 Å². The van der Waals surface area contributed by atoms with E-state index in [-0.39, 0.29) is 5.91 Å². The highest BCUT2D eigenvalue weighted by atomic mass is 32.1. The van der Waals surface area contributed by atoms with Crippen molar-refractivity contribution in [2.75, 3.05) is 6.54 Å². The van der Waals surface area contributed by atoms with E-state index in [0.29, 0.717) is 24.1 Å². The molecule has 0 aliphatic rings. The number of nitrogens with two attached hydrogens (primary N) is 1. The minimum atomic E-state index is -0.546. The first kappa shape index (κ1) is 17.8.